The molecule has 4 heteroatoms. The van der Waals surface area contributed by atoms with E-state index in [0.717, 1.165) is 16.7 Å². The Morgan fingerprint density at radius 2 is 1.24 bits per heavy atom. The molecular formula is C21H16N4. The van der Waals surface area contributed by atoms with Crippen molar-refractivity contribution in [1.29, 1.82) is 0 Å². The van der Waals surface area contributed by atoms with Gasteiger partial charge in [-0.15, -0.1) is 9.89 Å². The summed E-state index contributed by atoms with van der Waals surface area (Å²) in [6.45, 7) is 0. The van der Waals surface area contributed by atoms with E-state index in [1.54, 1.807) is 11.0 Å². The van der Waals surface area contributed by atoms with E-state index in [2.05, 4.69) is 10.2 Å². The van der Waals surface area contributed by atoms with E-state index < -0.39 is 0 Å². The van der Waals surface area contributed by atoms with Gasteiger partial charge in [0.25, 0.3) is 0 Å². The van der Waals surface area contributed by atoms with Crippen LogP contribution in [0.3, 0.4) is 0 Å². The molecule has 3 aromatic carbocycles. The van der Waals surface area contributed by atoms with Crippen LogP contribution in [0.1, 0.15) is 5.56 Å². The van der Waals surface area contributed by atoms with Crippen LogP contribution in [0, 0.1) is 0 Å². The van der Waals surface area contributed by atoms with E-state index in [-0.39, 0.29) is 0 Å². The first kappa shape index (κ1) is 15.0. The summed E-state index contributed by atoms with van der Waals surface area (Å²) in [5.74, 6) is 1.37. The van der Waals surface area contributed by atoms with Crippen LogP contribution in [0.2, 0.25) is 0 Å². The molecule has 0 unspecified atom stereocenters. The van der Waals surface area contributed by atoms with Crippen molar-refractivity contribution in [2.24, 2.45) is 5.10 Å². The standard InChI is InChI=1S/C21H16N4/c1-4-10-17(11-5-1)16-22-25-21(19-14-8-3-9-15-19)23-20(24-25)18-12-6-2-7-13-18/h1-16H/b22-16+. The van der Waals surface area contributed by atoms with Gasteiger partial charge in [0.1, 0.15) is 0 Å². The van der Waals surface area contributed by atoms with E-state index >= 15 is 0 Å². The minimum Gasteiger partial charge on any atom is -0.204 e. The molecule has 0 saturated heterocycles. The Kier molecular flexibility index (Phi) is 4.16. The van der Waals surface area contributed by atoms with Crippen LogP contribution in [0.25, 0.3) is 22.8 Å². The van der Waals surface area contributed by atoms with Gasteiger partial charge in [-0.05, 0) is 5.56 Å². The molecule has 120 valence electrons. The molecule has 25 heavy (non-hydrogen) atoms. The molecule has 0 atom stereocenters. The van der Waals surface area contributed by atoms with E-state index in [0.29, 0.717) is 11.6 Å². The van der Waals surface area contributed by atoms with Gasteiger partial charge in [0.2, 0.25) is 0 Å². The largest absolute Gasteiger partial charge is 0.204 e. The fraction of sp³-hybridized carbons (Fsp3) is 0. The molecule has 0 aliphatic rings. The Morgan fingerprint density at radius 1 is 0.680 bits per heavy atom. The van der Waals surface area contributed by atoms with Crippen LogP contribution in [-0.2, 0) is 0 Å². The predicted molar refractivity (Wildman–Crippen MR) is 100 cm³/mol. The highest BCUT2D eigenvalue weighted by Crippen LogP contribution is 2.22. The maximum absolute atomic E-state index is 4.70. The highest BCUT2D eigenvalue weighted by atomic mass is 15.5. The first-order valence-electron chi connectivity index (χ1n) is 8.07. The second-order valence-corrected chi connectivity index (χ2v) is 5.54. The summed E-state index contributed by atoms with van der Waals surface area (Å²) in [6.07, 6.45) is 1.79. The molecule has 0 aliphatic heterocycles. The second kappa shape index (κ2) is 6.93. The zero-order chi connectivity index (χ0) is 16.9. The van der Waals surface area contributed by atoms with E-state index in [1.807, 2.05) is 91.0 Å². The van der Waals surface area contributed by atoms with Crippen molar-refractivity contribution in [3.05, 3.63) is 96.6 Å². The zero-order valence-electron chi connectivity index (χ0n) is 13.5. The quantitative estimate of drug-likeness (QED) is 0.519. The summed E-state index contributed by atoms with van der Waals surface area (Å²) >= 11 is 0. The smallest absolute Gasteiger partial charge is 0.183 e. The first-order valence-corrected chi connectivity index (χ1v) is 8.07. The third-order valence-electron chi connectivity index (χ3n) is 3.77. The summed E-state index contributed by atoms with van der Waals surface area (Å²) in [5.41, 5.74) is 2.95. The highest BCUT2D eigenvalue weighted by molar-refractivity contribution is 5.79. The summed E-state index contributed by atoms with van der Waals surface area (Å²) in [6, 6.07) is 29.8. The van der Waals surface area contributed by atoms with Crippen molar-refractivity contribution in [3.63, 3.8) is 0 Å². The van der Waals surface area contributed by atoms with Crippen LogP contribution >= 0.6 is 0 Å². The Bertz CT molecular complexity index is 974. The fourth-order valence-corrected chi connectivity index (χ4v) is 2.52. The minimum absolute atomic E-state index is 0.657. The average Bonchev–Trinajstić information content (AvgIpc) is 3.13. The molecule has 0 bridgehead atoms. The van der Waals surface area contributed by atoms with Crippen LogP contribution in [0.4, 0.5) is 0 Å². The van der Waals surface area contributed by atoms with Crippen LogP contribution in [0.5, 0.6) is 0 Å². The summed E-state index contributed by atoms with van der Waals surface area (Å²) in [5, 5.41) is 9.10. The van der Waals surface area contributed by atoms with Gasteiger partial charge in [-0.25, -0.2) is 4.98 Å². The topological polar surface area (TPSA) is 43.1 Å². The van der Waals surface area contributed by atoms with Crippen molar-refractivity contribution in [2.45, 2.75) is 0 Å². The first-order chi connectivity index (χ1) is 12.4. The van der Waals surface area contributed by atoms with Crippen molar-refractivity contribution >= 4 is 6.21 Å². The number of rotatable bonds is 4. The Morgan fingerprint density at radius 3 is 1.88 bits per heavy atom. The third kappa shape index (κ3) is 3.38. The maximum Gasteiger partial charge on any atom is 0.183 e. The molecule has 0 radical (unpaired) electrons. The summed E-state index contributed by atoms with van der Waals surface area (Å²) < 4.78 is 0. The molecule has 1 heterocycles. The molecule has 4 nitrogen and oxygen atoms in total. The molecule has 1 aromatic heterocycles. The van der Waals surface area contributed by atoms with E-state index in [1.165, 1.54) is 0 Å². The number of benzene rings is 3. The van der Waals surface area contributed by atoms with E-state index in [4.69, 9.17) is 4.98 Å². The third-order valence-corrected chi connectivity index (χ3v) is 3.77. The summed E-state index contributed by atoms with van der Waals surface area (Å²) in [7, 11) is 0. The molecule has 0 saturated carbocycles. The molecule has 0 N–H and O–H groups in total. The van der Waals surface area contributed by atoms with Gasteiger partial charge in [0.05, 0.1) is 6.21 Å². The van der Waals surface area contributed by atoms with Crippen molar-refractivity contribution in [1.82, 2.24) is 14.9 Å². The zero-order valence-corrected chi connectivity index (χ0v) is 13.5. The molecule has 0 amide bonds. The minimum atomic E-state index is 0.657. The lowest BCUT2D eigenvalue weighted by molar-refractivity contribution is 0.754. The maximum atomic E-state index is 4.70. The van der Waals surface area contributed by atoms with Crippen molar-refractivity contribution in [2.75, 3.05) is 0 Å². The Balaban J connectivity index is 1.78. The van der Waals surface area contributed by atoms with E-state index in [9.17, 15) is 0 Å². The number of nitrogens with zero attached hydrogens (tertiary/aromatic N) is 4. The molecular weight excluding hydrogens is 308 g/mol. The number of hydrogen-bond donors (Lipinski definition) is 0. The SMILES string of the molecule is C(=N\n1nc(-c2ccccc2)nc1-c1ccccc1)/c1ccccc1. The van der Waals surface area contributed by atoms with Gasteiger partial charge in [0, 0.05) is 11.1 Å². The lowest BCUT2D eigenvalue weighted by Crippen LogP contribution is -1.96. The van der Waals surface area contributed by atoms with Gasteiger partial charge in [-0.1, -0.05) is 91.0 Å². The Labute approximate surface area is 146 Å². The predicted octanol–water partition coefficient (Wildman–Crippen LogP) is 4.49. The summed E-state index contributed by atoms with van der Waals surface area (Å²) in [4.78, 5) is 6.29. The fourth-order valence-electron chi connectivity index (χ4n) is 2.52. The average molecular weight is 324 g/mol. The van der Waals surface area contributed by atoms with Crippen LogP contribution in [-0.4, -0.2) is 21.1 Å². The van der Waals surface area contributed by atoms with Crippen LogP contribution in [0.15, 0.2) is 96.1 Å². The molecule has 0 aliphatic carbocycles. The Hall–Kier alpha value is -3.53. The highest BCUT2D eigenvalue weighted by Gasteiger charge is 2.12. The lowest BCUT2D eigenvalue weighted by Gasteiger charge is -1.99. The van der Waals surface area contributed by atoms with Crippen molar-refractivity contribution in [3.8, 4) is 22.8 Å². The van der Waals surface area contributed by atoms with Gasteiger partial charge < -0.3 is 0 Å². The normalized spacial score (nSPS) is 11.0. The van der Waals surface area contributed by atoms with Gasteiger partial charge in [-0.2, -0.15) is 5.10 Å². The van der Waals surface area contributed by atoms with Crippen LogP contribution < -0.4 is 0 Å². The molecule has 0 spiro atoms. The number of aromatic nitrogens is 3. The number of hydrogen-bond acceptors (Lipinski definition) is 3. The molecule has 4 aromatic rings. The van der Waals surface area contributed by atoms with Gasteiger partial charge >= 0.3 is 0 Å². The second-order valence-electron chi connectivity index (χ2n) is 5.54. The molecule has 0 fully saturated rings. The monoisotopic (exact) mass is 324 g/mol. The lowest BCUT2D eigenvalue weighted by atomic mass is 10.2. The molecule has 4 rings (SSSR count). The van der Waals surface area contributed by atoms with Gasteiger partial charge in [0.15, 0.2) is 11.6 Å². The van der Waals surface area contributed by atoms with Crippen molar-refractivity contribution < 1.29 is 0 Å². The van der Waals surface area contributed by atoms with Gasteiger partial charge in [-0.3, -0.25) is 0 Å².